The first-order chi connectivity index (χ1) is 55.8. The Hall–Kier alpha value is -14.4. The number of fused-ring (bicyclic) bond motifs is 21. The van der Waals surface area contributed by atoms with Gasteiger partial charge in [0.05, 0.1) is 22.1 Å². The molecule has 23 rings (SSSR count). The maximum Gasteiger partial charge on any atom is 0.0547 e. The quantitative estimate of drug-likeness (QED) is 0.128. The van der Waals surface area contributed by atoms with Crippen LogP contribution in [0.5, 0.6) is 0 Å². The maximum atomic E-state index is 2.45. The Morgan fingerprint density at radius 1 is 0.150 bits per heavy atom. The first-order valence-electron chi connectivity index (χ1n) is 39.3. The Morgan fingerprint density at radius 2 is 0.416 bits per heavy atom. The minimum atomic E-state index is -0.0829. The third kappa shape index (κ3) is 10.9. The van der Waals surface area contributed by atoms with Crippen LogP contribution in [0.4, 0.5) is 0 Å². The molecule has 1 aliphatic carbocycles. The van der Waals surface area contributed by atoms with Crippen molar-refractivity contribution in [3.05, 3.63) is 424 Å². The van der Waals surface area contributed by atoms with Gasteiger partial charge in [0.1, 0.15) is 0 Å². The van der Waals surface area contributed by atoms with Crippen LogP contribution in [-0.4, -0.2) is 9.13 Å². The first kappa shape index (κ1) is 65.6. The fourth-order valence-electron chi connectivity index (χ4n) is 18.8. The molecule has 0 radical (unpaired) electrons. The van der Waals surface area contributed by atoms with Gasteiger partial charge in [0.2, 0.25) is 0 Å². The van der Waals surface area contributed by atoms with Crippen LogP contribution >= 0.6 is 0 Å². The molecule has 528 valence electrons. The van der Waals surface area contributed by atoms with E-state index in [9.17, 15) is 0 Å². The fraction of sp³-hybridized carbons (Fsp3) is 0.0270. The van der Waals surface area contributed by atoms with E-state index in [1.54, 1.807) is 0 Å². The molecule has 2 aromatic heterocycles. The highest BCUT2D eigenvalue weighted by molar-refractivity contribution is 6.27. The largest absolute Gasteiger partial charge is 0.309 e. The Balaban J connectivity index is 0.000000138. The van der Waals surface area contributed by atoms with Gasteiger partial charge in [-0.2, -0.15) is 0 Å². The normalized spacial score (nSPS) is 12.4. The number of hydrogen-bond donors (Lipinski definition) is 0. The van der Waals surface area contributed by atoms with E-state index in [0.29, 0.717) is 0 Å². The van der Waals surface area contributed by atoms with E-state index in [1.807, 2.05) is 0 Å². The van der Waals surface area contributed by atoms with Gasteiger partial charge in [0.25, 0.3) is 0 Å². The van der Waals surface area contributed by atoms with Crippen molar-refractivity contribution in [3.63, 3.8) is 0 Å². The molecule has 0 spiro atoms. The highest BCUT2D eigenvalue weighted by atomic mass is 15.0. The zero-order valence-electron chi connectivity index (χ0n) is 62.7. The minimum absolute atomic E-state index is 0.0829. The van der Waals surface area contributed by atoms with Crippen molar-refractivity contribution >= 4 is 108 Å². The van der Waals surface area contributed by atoms with E-state index in [2.05, 4.69) is 435 Å². The second-order valence-corrected chi connectivity index (χ2v) is 31.0. The molecule has 0 N–H and O–H groups in total. The van der Waals surface area contributed by atoms with Crippen LogP contribution in [0, 0.1) is 0 Å². The number of aromatic nitrogens is 2. The lowest BCUT2D eigenvalue weighted by atomic mass is 9.81. The molecule has 2 heterocycles. The average molecular weight is 1440 g/mol. The summed E-state index contributed by atoms with van der Waals surface area (Å²) >= 11 is 0. The highest BCUT2D eigenvalue weighted by Crippen LogP contribution is 2.51. The van der Waals surface area contributed by atoms with Crippen LogP contribution in [0.1, 0.15) is 25.0 Å². The second-order valence-electron chi connectivity index (χ2n) is 31.0. The second kappa shape index (κ2) is 26.4. The van der Waals surface area contributed by atoms with Crippen LogP contribution in [0.3, 0.4) is 0 Å². The molecule has 22 aromatic rings. The summed E-state index contributed by atoms with van der Waals surface area (Å²) < 4.78 is 4.82. The highest BCUT2D eigenvalue weighted by Gasteiger charge is 2.35. The lowest BCUT2D eigenvalue weighted by molar-refractivity contribution is 0.660. The Bertz CT molecular complexity index is 7550. The van der Waals surface area contributed by atoms with Gasteiger partial charge < -0.3 is 9.13 Å². The van der Waals surface area contributed by atoms with Crippen molar-refractivity contribution in [2.75, 3.05) is 0 Å². The molecule has 0 fully saturated rings. The number of nitrogens with zero attached hydrogens (tertiary/aromatic N) is 2. The summed E-state index contributed by atoms with van der Waals surface area (Å²) in [6, 6.07) is 152. The third-order valence-electron chi connectivity index (χ3n) is 24.3. The standard InChI is InChI=1S/C57H39N.C54H35N/c1-57(2)53-22-12-10-20-48(53)49-28-25-37(34-54(49)57)40-30-39(36-24-27-47-45-18-7-6-16-43(45)44-17-8-9-19-46(44)52(47)33-36)31-41(32-40)38-26-29-51-50-21-11-13-23-55(50)58(56(51)35-38)42-14-4-3-5-15-42;1-3-14-36(15-4-1)37-16-13-17-38(30-37)41-31-42(39-26-28-49-47-22-8-7-20-45(47)46-21-9-10-23-48(46)52(49)34-39)33-43(32-41)40-27-29-51-50-24-11-12-25-53(50)55(54(51)35-40)44-18-5-2-6-19-44/h3-35H,1-2H3;1-35H. The Kier molecular flexibility index (Phi) is 15.3. The molecule has 0 bridgehead atoms. The zero-order valence-corrected chi connectivity index (χ0v) is 62.7. The molecular formula is C111H74N2. The van der Waals surface area contributed by atoms with Crippen molar-refractivity contribution in [2.24, 2.45) is 0 Å². The van der Waals surface area contributed by atoms with Gasteiger partial charge in [-0.15, -0.1) is 0 Å². The summed E-state index contributed by atoms with van der Waals surface area (Å²) in [6.45, 7) is 4.74. The molecule has 0 unspecified atom stereocenters. The molecule has 0 atom stereocenters. The van der Waals surface area contributed by atoms with E-state index >= 15 is 0 Å². The first-order valence-corrected chi connectivity index (χ1v) is 39.3. The SMILES string of the molecule is CC1(C)c2ccccc2-c2ccc(-c3cc(-c4ccc5c6ccccc6c6ccccc6c5c4)cc(-c4ccc5c6ccccc6n(-c6ccccc6)c5c4)c3)cc21.c1ccc(-c2cccc(-c3cc(-c4ccc5c6ccccc6c6ccccc6c5c4)cc(-c4ccc5c6ccccc6n(-c6ccccc6)c5c4)c3)c2)cc1. The van der Waals surface area contributed by atoms with Crippen LogP contribution in [0.2, 0.25) is 0 Å². The summed E-state index contributed by atoms with van der Waals surface area (Å²) in [4.78, 5) is 0. The summed E-state index contributed by atoms with van der Waals surface area (Å²) in [6.07, 6.45) is 0. The molecule has 0 aliphatic heterocycles. The predicted molar refractivity (Wildman–Crippen MR) is 482 cm³/mol. The van der Waals surface area contributed by atoms with Gasteiger partial charge in [-0.3, -0.25) is 0 Å². The molecular weight excluding hydrogens is 1360 g/mol. The number of rotatable bonds is 9. The Labute approximate surface area is 656 Å². The van der Waals surface area contributed by atoms with Crippen molar-refractivity contribution in [2.45, 2.75) is 19.3 Å². The Morgan fingerprint density at radius 3 is 0.841 bits per heavy atom. The molecule has 113 heavy (non-hydrogen) atoms. The van der Waals surface area contributed by atoms with Crippen molar-refractivity contribution in [1.29, 1.82) is 0 Å². The number of hydrogen-bond acceptors (Lipinski definition) is 0. The average Bonchev–Trinajstić information content (AvgIpc) is 0.803. The molecule has 0 saturated heterocycles. The fourth-order valence-corrected chi connectivity index (χ4v) is 18.8. The van der Waals surface area contributed by atoms with Gasteiger partial charge in [0, 0.05) is 38.3 Å². The molecule has 20 aromatic carbocycles. The number of para-hydroxylation sites is 4. The van der Waals surface area contributed by atoms with E-state index in [-0.39, 0.29) is 5.41 Å². The van der Waals surface area contributed by atoms with E-state index in [0.717, 1.165) is 11.4 Å². The van der Waals surface area contributed by atoms with E-state index in [4.69, 9.17) is 0 Å². The summed E-state index contributed by atoms with van der Waals surface area (Å²) in [5.74, 6) is 0. The molecule has 2 heteroatoms. The molecule has 0 amide bonds. The third-order valence-corrected chi connectivity index (χ3v) is 24.3. The summed E-state index contributed by atoms with van der Waals surface area (Å²) in [5.41, 5.74) is 29.4. The van der Waals surface area contributed by atoms with Crippen LogP contribution < -0.4 is 0 Å². The summed E-state index contributed by atoms with van der Waals surface area (Å²) in [5, 5.41) is 20.5. The maximum absolute atomic E-state index is 2.45. The predicted octanol–water partition coefficient (Wildman–Crippen LogP) is 30.5. The van der Waals surface area contributed by atoms with Gasteiger partial charge >= 0.3 is 0 Å². The monoisotopic (exact) mass is 1430 g/mol. The van der Waals surface area contributed by atoms with Crippen LogP contribution in [-0.2, 0) is 5.41 Å². The molecule has 0 saturated carbocycles. The lowest BCUT2D eigenvalue weighted by Crippen LogP contribution is -2.14. The van der Waals surface area contributed by atoms with Gasteiger partial charge in [0.15, 0.2) is 0 Å². The van der Waals surface area contributed by atoms with Gasteiger partial charge in [-0.25, -0.2) is 0 Å². The van der Waals surface area contributed by atoms with Gasteiger partial charge in [-0.05, 0) is 274 Å². The van der Waals surface area contributed by atoms with Gasteiger partial charge in [-0.1, -0.05) is 317 Å². The smallest absolute Gasteiger partial charge is 0.0547 e. The molecule has 1 aliphatic rings. The van der Waals surface area contributed by atoms with E-state index < -0.39 is 0 Å². The van der Waals surface area contributed by atoms with Crippen LogP contribution in [0.25, 0.3) is 209 Å². The van der Waals surface area contributed by atoms with Crippen LogP contribution in [0.15, 0.2) is 413 Å². The topological polar surface area (TPSA) is 9.86 Å². The number of benzene rings is 20. The van der Waals surface area contributed by atoms with Crippen molar-refractivity contribution in [1.82, 2.24) is 9.13 Å². The zero-order chi connectivity index (χ0) is 74.8. The van der Waals surface area contributed by atoms with Crippen molar-refractivity contribution in [3.8, 4) is 100 Å². The van der Waals surface area contributed by atoms with Crippen molar-refractivity contribution < 1.29 is 0 Å². The lowest BCUT2D eigenvalue weighted by Gasteiger charge is -2.22. The minimum Gasteiger partial charge on any atom is -0.309 e. The van der Waals surface area contributed by atoms with E-state index in [1.165, 1.54) is 208 Å². The summed E-state index contributed by atoms with van der Waals surface area (Å²) in [7, 11) is 0. The molecule has 2 nitrogen and oxygen atoms in total.